The Balaban J connectivity index is 1.47. The molecule has 1 saturated heterocycles. The van der Waals surface area contributed by atoms with Crippen molar-refractivity contribution >= 4 is 17.7 Å². The second-order valence-electron chi connectivity index (χ2n) is 8.56. The fraction of sp³-hybridized carbons (Fsp3) is 0.480. The van der Waals surface area contributed by atoms with Gasteiger partial charge in [0, 0.05) is 32.4 Å². The number of amides is 1. The zero-order chi connectivity index (χ0) is 22.6. The summed E-state index contributed by atoms with van der Waals surface area (Å²) in [5.74, 6) is 0.237. The molecule has 1 aromatic heterocycles. The average molecular weight is 440 g/mol. The Bertz CT molecular complexity index is 957. The van der Waals surface area contributed by atoms with E-state index in [1.807, 2.05) is 17.0 Å². The highest BCUT2D eigenvalue weighted by Crippen LogP contribution is 2.43. The first-order valence-corrected chi connectivity index (χ1v) is 11.5. The molecule has 32 heavy (non-hydrogen) atoms. The normalized spacial score (nSPS) is 18.3. The van der Waals surface area contributed by atoms with Crippen LogP contribution in [0.4, 0.5) is 10.2 Å². The molecule has 4 rings (SSSR count). The summed E-state index contributed by atoms with van der Waals surface area (Å²) in [6.45, 7) is 4.81. The molecule has 170 valence electrons. The van der Waals surface area contributed by atoms with Crippen molar-refractivity contribution in [3.8, 4) is 0 Å². The van der Waals surface area contributed by atoms with E-state index in [1.165, 1.54) is 12.1 Å². The molecular weight excluding hydrogens is 409 g/mol. The molecule has 2 aliphatic rings. The lowest BCUT2D eigenvalue weighted by Crippen LogP contribution is -2.47. The largest absolute Gasteiger partial charge is 0.462 e. The molecule has 0 spiro atoms. The molecule has 0 bridgehead atoms. The lowest BCUT2D eigenvalue weighted by molar-refractivity contribution is -0.137. The van der Waals surface area contributed by atoms with Gasteiger partial charge >= 0.3 is 5.97 Å². The number of carbonyl (C=O) groups is 2. The van der Waals surface area contributed by atoms with Crippen molar-refractivity contribution < 1.29 is 18.7 Å². The number of halogens is 1. The van der Waals surface area contributed by atoms with Crippen molar-refractivity contribution in [3.05, 3.63) is 59.5 Å². The fourth-order valence-electron chi connectivity index (χ4n) is 4.95. The lowest BCUT2D eigenvalue weighted by atomic mass is 9.77. The maximum absolute atomic E-state index is 14.0. The van der Waals surface area contributed by atoms with Crippen LogP contribution in [0.3, 0.4) is 0 Å². The van der Waals surface area contributed by atoms with Crippen LogP contribution < -0.4 is 4.90 Å². The third-order valence-corrected chi connectivity index (χ3v) is 6.61. The van der Waals surface area contributed by atoms with Gasteiger partial charge in [0.05, 0.1) is 17.6 Å². The van der Waals surface area contributed by atoms with Gasteiger partial charge in [-0.2, -0.15) is 0 Å². The van der Waals surface area contributed by atoms with Gasteiger partial charge in [0.25, 0.3) is 0 Å². The summed E-state index contributed by atoms with van der Waals surface area (Å²) in [6.07, 6.45) is 5.88. The molecule has 6 nitrogen and oxygen atoms in total. The van der Waals surface area contributed by atoms with Gasteiger partial charge in [0.15, 0.2) is 0 Å². The van der Waals surface area contributed by atoms with Gasteiger partial charge in [0.2, 0.25) is 5.91 Å². The van der Waals surface area contributed by atoms with Crippen molar-refractivity contribution in [2.75, 3.05) is 37.7 Å². The number of pyridine rings is 1. The number of anilines is 1. The molecule has 1 aliphatic heterocycles. The van der Waals surface area contributed by atoms with Crippen LogP contribution in [0, 0.1) is 5.82 Å². The highest BCUT2D eigenvalue weighted by atomic mass is 19.1. The van der Waals surface area contributed by atoms with E-state index in [1.54, 1.807) is 25.3 Å². The van der Waals surface area contributed by atoms with Crippen molar-refractivity contribution in [1.29, 1.82) is 0 Å². The monoisotopic (exact) mass is 439 g/mol. The first kappa shape index (κ1) is 22.2. The first-order valence-electron chi connectivity index (χ1n) is 11.5. The van der Waals surface area contributed by atoms with Gasteiger partial charge in [-0.05, 0) is 56.0 Å². The van der Waals surface area contributed by atoms with Crippen LogP contribution in [0.5, 0.6) is 0 Å². The summed E-state index contributed by atoms with van der Waals surface area (Å²) in [4.78, 5) is 34.1. The molecule has 2 heterocycles. The van der Waals surface area contributed by atoms with E-state index in [0.717, 1.165) is 50.0 Å². The standard InChI is InChI=1S/C25H30FN3O3/c1-2-32-23(30)19-9-10-22(27-18-19)28-13-6-14-29(16-15-28)24(31)25(11-3-4-12-25)20-7-5-8-21(26)17-20/h5,7-10,17-18H,2-4,6,11-16H2,1H3. The summed E-state index contributed by atoms with van der Waals surface area (Å²) >= 11 is 0. The van der Waals surface area contributed by atoms with Crippen molar-refractivity contribution in [1.82, 2.24) is 9.88 Å². The Morgan fingerprint density at radius 1 is 1.06 bits per heavy atom. The van der Waals surface area contributed by atoms with Gasteiger partial charge < -0.3 is 14.5 Å². The SMILES string of the molecule is CCOC(=O)c1ccc(N2CCCN(C(=O)C3(c4cccc(F)c4)CCCC3)CC2)nc1. The fourth-order valence-corrected chi connectivity index (χ4v) is 4.95. The summed E-state index contributed by atoms with van der Waals surface area (Å²) in [6, 6.07) is 10.1. The van der Waals surface area contributed by atoms with Crippen molar-refractivity contribution in [3.63, 3.8) is 0 Å². The Hall–Kier alpha value is -2.96. The van der Waals surface area contributed by atoms with Gasteiger partial charge in [-0.1, -0.05) is 25.0 Å². The highest BCUT2D eigenvalue weighted by Gasteiger charge is 2.45. The van der Waals surface area contributed by atoms with Crippen LogP contribution in [0.1, 0.15) is 54.9 Å². The summed E-state index contributed by atoms with van der Waals surface area (Å²) in [7, 11) is 0. The molecule has 2 fully saturated rings. The molecule has 1 aliphatic carbocycles. The van der Waals surface area contributed by atoms with Gasteiger partial charge in [-0.3, -0.25) is 4.79 Å². The summed E-state index contributed by atoms with van der Waals surface area (Å²) < 4.78 is 19.0. The summed E-state index contributed by atoms with van der Waals surface area (Å²) in [5, 5.41) is 0. The Labute approximate surface area is 188 Å². The minimum Gasteiger partial charge on any atom is -0.462 e. The predicted molar refractivity (Wildman–Crippen MR) is 120 cm³/mol. The van der Waals surface area contributed by atoms with Crippen molar-refractivity contribution in [2.24, 2.45) is 0 Å². The van der Waals surface area contributed by atoms with E-state index < -0.39 is 5.41 Å². The quantitative estimate of drug-likeness (QED) is 0.660. The number of rotatable bonds is 5. The Morgan fingerprint density at radius 2 is 1.88 bits per heavy atom. The smallest absolute Gasteiger partial charge is 0.339 e. The number of ether oxygens (including phenoxy) is 1. The number of nitrogens with zero attached hydrogens (tertiary/aromatic N) is 3. The molecule has 0 unspecified atom stereocenters. The highest BCUT2D eigenvalue weighted by molar-refractivity contribution is 5.89. The number of esters is 1. The Morgan fingerprint density at radius 3 is 2.56 bits per heavy atom. The van der Waals surface area contributed by atoms with Crippen LogP contribution >= 0.6 is 0 Å². The molecule has 0 radical (unpaired) electrons. The van der Waals surface area contributed by atoms with Gasteiger partial charge in [-0.15, -0.1) is 0 Å². The number of aromatic nitrogens is 1. The maximum atomic E-state index is 14.0. The van der Waals surface area contributed by atoms with E-state index in [2.05, 4.69) is 9.88 Å². The minimum absolute atomic E-state index is 0.119. The number of benzene rings is 1. The van der Waals surface area contributed by atoms with Crippen molar-refractivity contribution in [2.45, 2.75) is 44.4 Å². The van der Waals surface area contributed by atoms with Crippen LogP contribution in [0.25, 0.3) is 0 Å². The second-order valence-corrected chi connectivity index (χ2v) is 8.56. The third kappa shape index (κ3) is 4.47. The molecule has 0 N–H and O–H groups in total. The van der Waals surface area contributed by atoms with E-state index in [4.69, 9.17) is 4.74 Å². The second kappa shape index (κ2) is 9.67. The zero-order valence-corrected chi connectivity index (χ0v) is 18.6. The van der Waals surface area contributed by atoms with E-state index in [9.17, 15) is 14.0 Å². The number of carbonyl (C=O) groups excluding carboxylic acids is 2. The summed E-state index contributed by atoms with van der Waals surface area (Å²) in [5.41, 5.74) is 0.620. The lowest BCUT2D eigenvalue weighted by Gasteiger charge is -2.34. The third-order valence-electron chi connectivity index (χ3n) is 6.61. The van der Waals surface area contributed by atoms with Crippen LogP contribution in [-0.2, 0) is 14.9 Å². The molecular formula is C25H30FN3O3. The van der Waals surface area contributed by atoms with Crippen LogP contribution in [-0.4, -0.2) is 54.5 Å². The molecule has 1 saturated carbocycles. The number of hydrogen-bond acceptors (Lipinski definition) is 5. The number of hydrogen-bond donors (Lipinski definition) is 0. The Kier molecular flexibility index (Phi) is 6.72. The van der Waals surface area contributed by atoms with Crippen LogP contribution in [0.15, 0.2) is 42.6 Å². The van der Waals surface area contributed by atoms with E-state index in [0.29, 0.717) is 31.8 Å². The van der Waals surface area contributed by atoms with Gasteiger partial charge in [0.1, 0.15) is 11.6 Å². The topological polar surface area (TPSA) is 62.7 Å². The predicted octanol–water partition coefficient (Wildman–Crippen LogP) is 3.95. The minimum atomic E-state index is -0.614. The van der Waals surface area contributed by atoms with Crippen LogP contribution in [0.2, 0.25) is 0 Å². The zero-order valence-electron chi connectivity index (χ0n) is 18.6. The molecule has 2 aromatic rings. The molecule has 1 amide bonds. The van der Waals surface area contributed by atoms with E-state index >= 15 is 0 Å². The molecule has 1 aromatic carbocycles. The first-order chi connectivity index (χ1) is 15.5. The van der Waals surface area contributed by atoms with Gasteiger partial charge in [-0.25, -0.2) is 14.2 Å². The van der Waals surface area contributed by atoms with E-state index in [-0.39, 0.29) is 17.7 Å². The average Bonchev–Trinajstić information content (AvgIpc) is 3.18. The molecule has 7 heteroatoms. The molecule has 0 atom stereocenters. The maximum Gasteiger partial charge on any atom is 0.339 e.